The van der Waals surface area contributed by atoms with E-state index in [-0.39, 0.29) is 11.9 Å². The van der Waals surface area contributed by atoms with Crippen LogP contribution in [0.1, 0.15) is 24.8 Å². The number of halogens is 1. The molecular weight excluding hydrogens is 291 g/mol. The van der Waals surface area contributed by atoms with E-state index in [4.69, 9.17) is 12.2 Å². The maximum Gasteiger partial charge on any atom is 0.178 e. The third kappa shape index (κ3) is 2.21. The molecule has 0 spiro atoms. The van der Waals surface area contributed by atoms with E-state index in [1.54, 1.807) is 17.4 Å². The van der Waals surface area contributed by atoms with Gasteiger partial charge in [-0.25, -0.2) is 4.39 Å². The Labute approximate surface area is 125 Å². The maximum absolute atomic E-state index is 13.3. The number of aromatic nitrogens is 2. The number of rotatable bonds is 3. The van der Waals surface area contributed by atoms with Gasteiger partial charge in [-0.3, -0.25) is 0 Å². The average Bonchev–Trinajstić information content (AvgIpc) is 2.98. The molecule has 0 amide bonds. The summed E-state index contributed by atoms with van der Waals surface area (Å²) in [6.07, 6.45) is 0. The van der Waals surface area contributed by atoms with Crippen molar-refractivity contribution in [2.24, 2.45) is 5.92 Å². The largest absolute Gasteiger partial charge is 0.330 e. The second kappa shape index (κ2) is 5.14. The Hall–Kier alpha value is -1.46. The van der Waals surface area contributed by atoms with Crippen molar-refractivity contribution < 1.29 is 4.39 Å². The fraction of sp³-hybridized carbons (Fsp3) is 0.267. The molecule has 1 aromatic carbocycles. The highest BCUT2D eigenvalue weighted by atomic mass is 32.1. The Kier molecular flexibility index (Phi) is 3.48. The molecule has 0 bridgehead atoms. The summed E-state index contributed by atoms with van der Waals surface area (Å²) in [5, 5.41) is 2.07. The van der Waals surface area contributed by atoms with Crippen molar-refractivity contribution in [2.75, 3.05) is 0 Å². The molecule has 0 saturated carbocycles. The quantitative estimate of drug-likeness (QED) is 0.664. The predicted molar refractivity (Wildman–Crippen MR) is 84.4 cm³/mol. The zero-order valence-electron chi connectivity index (χ0n) is 11.3. The molecule has 0 aliphatic heterocycles. The van der Waals surface area contributed by atoms with Gasteiger partial charge in [-0.2, -0.15) is 0 Å². The molecule has 0 aliphatic carbocycles. The van der Waals surface area contributed by atoms with Gasteiger partial charge >= 0.3 is 0 Å². The molecule has 0 radical (unpaired) electrons. The normalized spacial score (nSPS) is 13.2. The van der Waals surface area contributed by atoms with Crippen LogP contribution in [0.25, 0.3) is 11.0 Å². The standard InChI is InChI=1S/C15H15FN2S2/c1-9(2)14(13-4-3-7-20-13)18-12-6-5-10(16)8-11(12)17-15(18)19/h3-9,14H,1-2H3,(H,17,19). The molecule has 20 heavy (non-hydrogen) atoms. The minimum atomic E-state index is -0.252. The van der Waals surface area contributed by atoms with Crippen molar-refractivity contribution in [3.8, 4) is 0 Å². The summed E-state index contributed by atoms with van der Waals surface area (Å²) in [6, 6.07) is 9.11. The average molecular weight is 306 g/mol. The van der Waals surface area contributed by atoms with Gasteiger partial charge in [0, 0.05) is 4.88 Å². The first-order chi connectivity index (χ1) is 9.58. The van der Waals surface area contributed by atoms with Crippen molar-refractivity contribution in [3.05, 3.63) is 51.2 Å². The molecule has 0 saturated heterocycles. The van der Waals surface area contributed by atoms with E-state index >= 15 is 0 Å². The van der Waals surface area contributed by atoms with Gasteiger partial charge in [0.15, 0.2) is 4.77 Å². The highest BCUT2D eigenvalue weighted by Crippen LogP contribution is 2.33. The summed E-state index contributed by atoms with van der Waals surface area (Å²) in [7, 11) is 0. The Morgan fingerprint density at radius 3 is 2.75 bits per heavy atom. The lowest BCUT2D eigenvalue weighted by Gasteiger charge is -2.22. The van der Waals surface area contributed by atoms with Gasteiger partial charge in [-0.15, -0.1) is 11.3 Å². The van der Waals surface area contributed by atoms with E-state index in [0.717, 1.165) is 11.0 Å². The van der Waals surface area contributed by atoms with Gasteiger partial charge in [0.1, 0.15) is 5.82 Å². The summed E-state index contributed by atoms with van der Waals surface area (Å²) in [5.41, 5.74) is 1.70. The van der Waals surface area contributed by atoms with Crippen LogP contribution in [0.5, 0.6) is 0 Å². The molecule has 104 valence electrons. The number of thiophene rings is 1. The highest BCUT2D eigenvalue weighted by Gasteiger charge is 2.22. The molecule has 3 aromatic rings. The van der Waals surface area contributed by atoms with Crippen LogP contribution < -0.4 is 0 Å². The van der Waals surface area contributed by atoms with Crippen molar-refractivity contribution in [1.29, 1.82) is 0 Å². The maximum atomic E-state index is 13.3. The minimum Gasteiger partial charge on any atom is -0.330 e. The van der Waals surface area contributed by atoms with Crippen LogP contribution in [-0.4, -0.2) is 9.55 Å². The monoisotopic (exact) mass is 306 g/mol. The second-order valence-electron chi connectivity index (χ2n) is 5.17. The molecule has 0 aliphatic rings. The first-order valence-electron chi connectivity index (χ1n) is 6.51. The number of nitrogens with zero attached hydrogens (tertiary/aromatic N) is 1. The van der Waals surface area contributed by atoms with E-state index < -0.39 is 0 Å². The Morgan fingerprint density at radius 2 is 2.10 bits per heavy atom. The minimum absolute atomic E-state index is 0.168. The lowest BCUT2D eigenvalue weighted by molar-refractivity contribution is 0.449. The van der Waals surface area contributed by atoms with Crippen LogP contribution >= 0.6 is 23.6 Å². The Balaban J connectivity index is 2.26. The number of hydrogen-bond donors (Lipinski definition) is 1. The molecule has 1 N–H and O–H groups in total. The van der Waals surface area contributed by atoms with Gasteiger partial charge in [0.2, 0.25) is 0 Å². The summed E-state index contributed by atoms with van der Waals surface area (Å²) in [6.45, 7) is 4.35. The molecule has 1 unspecified atom stereocenters. The fourth-order valence-corrected chi connectivity index (χ4v) is 3.90. The van der Waals surface area contributed by atoms with Crippen LogP contribution in [0.15, 0.2) is 35.7 Å². The predicted octanol–water partition coefficient (Wildman–Crippen LogP) is 5.14. The number of aromatic amines is 1. The van der Waals surface area contributed by atoms with Crippen molar-refractivity contribution in [1.82, 2.24) is 9.55 Å². The lowest BCUT2D eigenvalue weighted by atomic mass is 10.0. The van der Waals surface area contributed by atoms with Crippen LogP contribution in [0.3, 0.4) is 0 Å². The first kappa shape index (κ1) is 13.5. The zero-order chi connectivity index (χ0) is 14.3. The fourth-order valence-electron chi connectivity index (χ4n) is 2.59. The molecule has 2 nitrogen and oxygen atoms in total. The molecular formula is C15H15FN2S2. The number of benzene rings is 1. The molecule has 2 aromatic heterocycles. The van der Waals surface area contributed by atoms with Crippen LogP contribution in [0.4, 0.5) is 4.39 Å². The van der Waals surface area contributed by atoms with Gasteiger partial charge in [0.05, 0.1) is 17.1 Å². The van der Waals surface area contributed by atoms with Crippen molar-refractivity contribution in [2.45, 2.75) is 19.9 Å². The molecule has 3 rings (SSSR count). The van der Waals surface area contributed by atoms with Crippen molar-refractivity contribution >= 4 is 34.6 Å². The van der Waals surface area contributed by atoms with E-state index in [9.17, 15) is 4.39 Å². The van der Waals surface area contributed by atoms with Gasteiger partial charge < -0.3 is 9.55 Å². The van der Waals surface area contributed by atoms with Crippen LogP contribution in [0.2, 0.25) is 0 Å². The lowest BCUT2D eigenvalue weighted by Crippen LogP contribution is -2.15. The molecule has 1 atom stereocenters. The number of hydrogen-bond acceptors (Lipinski definition) is 2. The van der Waals surface area contributed by atoms with E-state index in [2.05, 4.69) is 34.8 Å². The third-order valence-electron chi connectivity index (χ3n) is 3.42. The Morgan fingerprint density at radius 1 is 1.30 bits per heavy atom. The summed E-state index contributed by atoms with van der Waals surface area (Å²) in [4.78, 5) is 4.37. The van der Waals surface area contributed by atoms with Gasteiger partial charge in [0.25, 0.3) is 0 Å². The SMILES string of the molecule is CC(C)C(c1cccs1)n1c(=S)[nH]c2cc(F)ccc21. The molecule has 0 fully saturated rings. The summed E-state index contributed by atoms with van der Waals surface area (Å²) < 4.78 is 16.1. The third-order valence-corrected chi connectivity index (χ3v) is 4.66. The van der Waals surface area contributed by atoms with E-state index in [1.807, 2.05) is 6.07 Å². The number of fused-ring (bicyclic) bond motifs is 1. The number of H-pyrrole nitrogens is 1. The number of nitrogens with one attached hydrogen (secondary N) is 1. The van der Waals surface area contributed by atoms with Gasteiger partial charge in [-0.05, 0) is 47.8 Å². The molecule has 5 heteroatoms. The first-order valence-corrected chi connectivity index (χ1v) is 7.80. The van der Waals surface area contributed by atoms with E-state index in [1.165, 1.54) is 17.0 Å². The topological polar surface area (TPSA) is 20.7 Å². The summed E-state index contributed by atoms with van der Waals surface area (Å²) >= 11 is 7.18. The Bertz CT molecular complexity index is 784. The van der Waals surface area contributed by atoms with Gasteiger partial charge in [-0.1, -0.05) is 19.9 Å². The van der Waals surface area contributed by atoms with Crippen LogP contribution in [0, 0.1) is 16.5 Å². The highest BCUT2D eigenvalue weighted by molar-refractivity contribution is 7.71. The number of imidazole rings is 1. The van der Waals surface area contributed by atoms with E-state index in [0.29, 0.717) is 10.7 Å². The summed E-state index contributed by atoms with van der Waals surface area (Å²) in [5.74, 6) is 0.141. The van der Waals surface area contributed by atoms with Crippen molar-refractivity contribution in [3.63, 3.8) is 0 Å². The second-order valence-corrected chi connectivity index (χ2v) is 6.53. The molecule has 2 heterocycles. The van der Waals surface area contributed by atoms with Crippen LogP contribution in [-0.2, 0) is 0 Å². The zero-order valence-corrected chi connectivity index (χ0v) is 12.9. The smallest absolute Gasteiger partial charge is 0.178 e.